The SMILES string of the molecule is Nc1cc(Cl)c(C(F)(F)F)c(C2Cc3nc(OCC45CCCN4CC(F)C5)nc(N4CCCn5nc(C(=O)N6CCCC6)cc5C4)c3CO2)c1F. The summed E-state index contributed by atoms with van der Waals surface area (Å²) in [5, 5.41) is 3.89. The molecule has 3 aromatic rings. The second-order valence-electron chi connectivity index (χ2n) is 14.2. The maximum atomic E-state index is 15.5. The van der Waals surface area contributed by atoms with Crippen LogP contribution in [0.1, 0.15) is 83.2 Å². The highest BCUT2D eigenvalue weighted by Gasteiger charge is 2.49. The van der Waals surface area contributed by atoms with E-state index < -0.39 is 51.6 Å². The van der Waals surface area contributed by atoms with Crippen molar-refractivity contribution in [3.05, 3.63) is 56.7 Å². The Morgan fingerprint density at radius 3 is 2.69 bits per heavy atom. The minimum absolute atomic E-state index is 0.0160. The number of nitrogens with two attached hydrogens (primary N) is 1. The largest absolute Gasteiger partial charge is 0.461 e. The predicted molar refractivity (Wildman–Crippen MR) is 176 cm³/mol. The first kappa shape index (κ1) is 34.3. The molecule has 0 spiro atoms. The zero-order chi connectivity index (χ0) is 35.7. The van der Waals surface area contributed by atoms with E-state index in [9.17, 15) is 22.4 Å². The van der Waals surface area contributed by atoms with Crippen LogP contribution in [0.3, 0.4) is 0 Å². The molecule has 0 bridgehead atoms. The van der Waals surface area contributed by atoms with E-state index in [0.29, 0.717) is 74.9 Å². The third-order valence-corrected chi connectivity index (χ3v) is 11.2. The van der Waals surface area contributed by atoms with Crippen molar-refractivity contribution in [3.63, 3.8) is 0 Å². The molecule has 0 saturated carbocycles. The van der Waals surface area contributed by atoms with Crippen LogP contribution in [0.5, 0.6) is 6.01 Å². The first-order chi connectivity index (χ1) is 24.4. The Hall–Kier alpha value is -3.76. The molecule has 11 nitrogen and oxygen atoms in total. The molecule has 5 aliphatic rings. The number of hydrogen-bond donors (Lipinski definition) is 1. The van der Waals surface area contributed by atoms with Crippen LogP contribution in [0.2, 0.25) is 5.02 Å². The van der Waals surface area contributed by atoms with Crippen LogP contribution in [0.25, 0.3) is 0 Å². The molecule has 2 aromatic heterocycles. The van der Waals surface area contributed by atoms with E-state index in [4.69, 9.17) is 31.8 Å². The Kier molecular flexibility index (Phi) is 8.77. The third-order valence-electron chi connectivity index (χ3n) is 10.9. The highest BCUT2D eigenvalue weighted by atomic mass is 35.5. The summed E-state index contributed by atoms with van der Waals surface area (Å²) >= 11 is 6.00. The number of hydrogen-bond acceptors (Lipinski definition) is 9. The molecule has 7 heterocycles. The molecule has 51 heavy (non-hydrogen) atoms. The first-order valence-corrected chi connectivity index (χ1v) is 17.8. The van der Waals surface area contributed by atoms with Crippen LogP contribution in [-0.4, -0.2) is 86.5 Å². The Morgan fingerprint density at radius 2 is 1.90 bits per heavy atom. The van der Waals surface area contributed by atoms with E-state index in [-0.39, 0.29) is 31.6 Å². The molecule has 0 radical (unpaired) electrons. The molecule has 5 aliphatic heterocycles. The second-order valence-corrected chi connectivity index (χ2v) is 14.6. The van der Waals surface area contributed by atoms with Crippen molar-refractivity contribution < 1.29 is 36.2 Å². The van der Waals surface area contributed by atoms with Crippen LogP contribution in [-0.2, 0) is 37.0 Å². The lowest BCUT2D eigenvalue weighted by Gasteiger charge is -2.33. The summed E-state index contributed by atoms with van der Waals surface area (Å²) in [4.78, 5) is 28.5. The Balaban J connectivity index is 1.15. The number of nitrogen functional groups attached to an aromatic ring is 1. The van der Waals surface area contributed by atoms with Crippen molar-refractivity contribution in [1.82, 2.24) is 29.5 Å². The molecule has 3 unspecified atom stereocenters. The van der Waals surface area contributed by atoms with Crippen LogP contribution in [0, 0.1) is 5.82 Å². The van der Waals surface area contributed by atoms with E-state index in [1.165, 1.54) is 0 Å². The fourth-order valence-corrected chi connectivity index (χ4v) is 8.80. The van der Waals surface area contributed by atoms with Gasteiger partial charge in [-0.25, -0.2) is 8.78 Å². The summed E-state index contributed by atoms with van der Waals surface area (Å²) in [6.07, 6.45) is -3.06. The summed E-state index contributed by atoms with van der Waals surface area (Å²) in [6.45, 7) is 3.82. The number of anilines is 2. The zero-order valence-electron chi connectivity index (χ0n) is 27.8. The van der Waals surface area contributed by atoms with E-state index >= 15 is 4.39 Å². The third kappa shape index (κ3) is 6.26. The molecule has 3 saturated heterocycles. The van der Waals surface area contributed by atoms with E-state index in [2.05, 4.69) is 15.0 Å². The number of amides is 1. The van der Waals surface area contributed by atoms with E-state index in [0.717, 1.165) is 44.0 Å². The summed E-state index contributed by atoms with van der Waals surface area (Å²) in [5.74, 6) is -0.911. The molecule has 8 rings (SSSR count). The molecule has 1 aromatic carbocycles. The van der Waals surface area contributed by atoms with Crippen molar-refractivity contribution in [2.45, 2.75) is 88.6 Å². The van der Waals surface area contributed by atoms with Crippen molar-refractivity contribution >= 4 is 29.0 Å². The minimum Gasteiger partial charge on any atom is -0.461 e. The van der Waals surface area contributed by atoms with Gasteiger partial charge in [0, 0.05) is 56.7 Å². The number of alkyl halides is 4. The first-order valence-electron chi connectivity index (χ1n) is 17.4. The molecule has 3 fully saturated rings. The number of likely N-dealkylation sites (tertiary alicyclic amines) is 1. The number of nitrogens with zero attached hydrogens (tertiary/aromatic N) is 7. The maximum absolute atomic E-state index is 15.5. The number of aromatic nitrogens is 4. The topological polar surface area (TPSA) is 115 Å². The van der Waals surface area contributed by atoms with Gasteiger partial charge in [0.25, 0.3) is 5.91 Å². The number of ether oxygens (including phenoxy) is 2. The smallest absolute Gasteiger partial charge is 0.418 e. The van der Waals surface area contributed by atoms with Gasteiger partial charge in [-0.3, -0.25) is 14.4 Å². The lowest BCUT2D eigenvalue weighted by molar-refractivity contribution is -0.140. The lowest BCUT2D eigenvalue weighted by atomic mass is 9.93. The van der Waals surface area contributed by atoms with E-state index in [1.807, 2.05) is 9.58 Å². The van der Waals surface area contributed by atoms with Crippen LogP contribution in [0.15, 0.2) is 12.1 Å². The van der Waals surface area contributed by atoms with Gasteiger partial charge >= 0.3 is 12.2 Å². The number of carbonyl (C=O) groups is 1. The quantitative estimate of drug-likeness (QED) is 0.260. The normalized spacial score (nSPS) is 25.1. The van der Waals surface area contributed by atoms with E-state index in [1.54, 1.807) is 11.0 Å². The monoisotopic (exact) mass is 736 g/mol. The van der Waals surface area contributed by atoms with Gasteiger partial charge in [-0.15, -0.1) is 0 Å². The molecule has 274 valence electrons. The Labute approximate surface area is 295 Å². The molecule has 3 atom stereocenters. The molecular formula is C34H38ClF5N8O3. The maximum Gasteiger partial charge on any atom is 0.418 e. The van der Waals surface area contributed by atoms with Gasteiger partial charge < -0.3 is 25.0 Å². The summed E-state index contributed by atoms with van der Waals surface area (Å²) in [5.41, 5.74) is 4.61. The molecule has 17 heteroatoms. The number of aryl methyl sites for hydroxylation is 1. The lowest BCUT2D eigenvalue weighted by Crippen LogP contribution is -2.43. The predicted octanol–water partition coefficient (Wildman–Crippen LogP) is 5.48. The van der Waals surface area contributed by atoms with Crippen molar-refractivity contribution in [2.75, 3.05) is 50.0 Å². The standard InChI is InChI=1S/C34H38ClF5N8O3/c35-22-12-23(41)29(37)27(28(22)34(38,39)40)26-13-24-21(17-50-26)30(43-32(42-24)51-18-33-5-3-9-47(33)15-19(36)14-33)46-8-4-10-48-20(16-46)11-25(44-48)31(49)45-6-1-2-7-45/h11-12,19,26H,1-10,13-18,41H2. The van der Waals surface area contributed by atoms with Gasteiger partial charge in [0.05, 0.1) is 52.5 Å². The van der Waals surface area contributed by atoms with Crippen molar-refractivity contribution in [1.29, 1.82) is 0 Å². The Bertz CT molecular complexity index is 1850. The number of rotatable bonds is 6. The molecular weight excluding hydrogens is 699 g/mol. The summed E-state index contributed by atoms with van der Waals surface area (Å²) in [6, 6.07) is 2.53. The van der Waals surface area contributed by atoms with Crippen LogP contribution < -0.4 is 15.4 Å². The summed E-state index contributed by atoms with van der Waals surface area (Å²) < 4.78 is 86.9. The van der Waals surface area contributed by atoms with Crippen molar-refractivity contribution in [2.24, 2.45) is 0 Å². The fraction of sp³-hybridized carbons (Fsp3) is 0.588. The zero-order valence-corrected chi connectivity index (χ0v) is 28.6. The van der Waals surface area contributed by atoms with Gasteiger partial charge in [-0.05, 0) is 50.8 Å². The number of halogens is 6. The number of benzene rings is 1. The second kappa shape index (κ2) is 13.0. The average Bonchev–Trinajstić information content (AvgIpc) is 3.87. The summed E-state index contributed by atoms with van der Waals surface area (Å²) in [7, 11) is 0. The van der Waals surface area contributed by atoms with Crippen LogP contribution >= 0.6 is 11.6 Å². The van der Waals surface area contributed by atoms with Gasteiger partial charge in [-0.2, -0.15) is 28.2 Å². The molecule has 0 aliphatic carbocycles. The van der Waals surface area contributed by atoms with Crippen LogP contribution in [0.4, 0.5) is 33.5 Å². The fourth-order valence-electron chi connectivity index (χ4n) is 8.48. The number of fused-ring (bicyclic) bond motifs is 3. The highest BCUT2D eigenvalue weighted by Crippen LogP contribution is 2.46. The molecule has 2 N–H and O–H groups in total. The molecule has 1 amide bonds. The highest BCUT2D eigenvalue weighted by molar-refractivity contribution is 6.31. The Morgan fingerprint density at radius 1 is 1.10 bits per heavy atom. The van der Waals surface area contributed by atoms with Crippen molar-refractivity contribution in [3.8, 4) is 6.01 Å². The number of carbonyl (C=O) groups excluding carboxylic acids is 1. The van der Waals surface area contributed by atoms with Gasteiger partial charge in [0.1, 0.15) is 18.6 Å². The van der Waals surface area contributed by atoms with Gasteiger partial charge in [0.15, 0.2) is 11.5 Å². The van der Waals surface area contributed by atoms with Gasteiger partial charge in [0.2, 0.25) is 0 Å². The average molecular weight is 737 g/mol. The van der Waals surface area contributed by atoms with Gasteiger partial charge in [-0.1, -0.05) is 11.6 Å². The minimum atomic E-state index is -4.98.